The van der Waals surface area contributed by atoms with Gasteiger partial charge in [-0.1, -0.05) is 24.3 Å². The van der Waals surface area contributed by atoms with Crippen molar-refractivity contribution in [3.63, 3.8) is 0 Å². The van der Waals surface area contributed by atoms with Crippen LogP contribution in [0.1, 0.15) is 23.9 Å². The lowest BCUT2D eigenvalue weighted by atomic mass is 10.1. The minimum absolute atomic E-state index is 0.0589. The summed E-state index contributed by atoms with van der Waals surface area (Å²) in [5.74, 6) is 0.328. The van der Waals surface area contributed by atoms with E-state index in [0.29, 0.717) is 29.9 Å². The summed E-state index contributed by atoms with van der Waals surface area (Å²) < 4.78 is 29.0. The molecule has 0 saturated carbocycles. The molecule has 0 spiro atoms. The van der Waals surface area contributed by atoms with Crippen LogP contribution in [0.2, 0.25) is 0 Å². The number of benzene rings is 1. The molecule has 0 amide bonds. The van der Waals surface area contributed by atoms with Crippen molar-refractivity contribution in [2.45, 2.75) is 31.6 Å². The van der Waals surface area contributed by atoms with Gasteiger partial charge in [-0.3, -0.25) is 19.2 Å². The van der Waals surface area contributed by atoms with Crippen LogP contribution in [0.5, 0.6) is 0 Å². The summed E-state index contributed by atoms with van der Waals surface area (Å²) in [4.78, 5) is 21.6. The van der Waals surface area contributed by atoms with E-state index in [2.05, 4.69) is 15.1 Å². The van der Waals surface area contributed by atoms with E-state index < -0.39 is 10.0 Å². The van der Waals surface area contributed by atoms with Gasteiger partial charge in [-0.25, -0.2) is 18.1 Å². The molecule has 3 heterocycles. The monoisotopic (exact) mass is 463 g/mol. The zero-order chi connectivity index (χ0) is 23.4. The lowest BCUT2D eigenvalue weighted by Gasteiger charge is -2.22. The quantitative estimate of drug-likeness (QED) is 0.432. The Bertz CT molecular complexity index is 1380. The van der Waals surface area contributed by atoms with Crippen LogP contribution in [-0.4, -0.2) is 34.7 Å². The van der Waals surface area contributed by atoms with E-state index in [1.165, 1.54) is 27.3 Å². The fourth-order valence-corrected chi connectivity index (χ4v) is 5.13. The van der Waals surface area contributed by atoms with Crippen LogP contribution < -0.4 is 9.86 Å². The van der Waals surface area contributed by atoms with Gasteiger partial charge in [0.25, 0.3) is 15.6 Å². The molecule has 4 rings (SSSR count). The van der Waals surface area contributed by atoms with Crippen molar-refractivity contribution in [2.75, 3.05) is 10.8 Å². The average Bonchev–Trinajstić information content (AvgIpc) is 3.12. The minimum atomic E-state index is -3.79. The number of aromatic amines is 1. The van der Waals surface area contributed by atoms with Crippen LogP contribution in [0.4, 0.5) is 5.69 Å². The number of nitrogens with zero attached hydrogens (tertiary/aromatic N) is 4. The van der Waals surface area contributed by atoms with Gasteiger partial charge in [0, 0.05) is 35.9 Å². The molecule has 0 atom stereocenters. The molecule has 0 aliphatic carbocycles. The molecule has 0 fully saturated rings. The molecular weight excluding hydrogens is 438 g/mol. The van der Waals surface area contributed by atoms with E-state index in [1.807, 2.05) is 31.2 Å². The van der Waals surface area contributed by atoms with Crippen LogP contribution in [0, 0.1) is 6.92 Å². The number of anilines is 1. The van der Waals surface area contributed by atoms with Gasteiger partial charge >= 0.3 is 0 Å². The normalized spacial score (nSPS) is 11.5. The third-order valence-corrected chi connectivity index (χ3v) is 7.31. The summed E-state index contributed by atoms with van der Waals surface area (Å²) in [6.07, 6.45) is 4.20. The van der Waals surface area contributed by atoms with Crippen molar-refractivity contribution < 1.29 is 8.42 Å². The van der Waals surface area contributed by atoms with Crippen LogP contribution in [-0.2, 0) is 22.9 Å². The lowest BCUT2D eigenvalue weighted by Crippen LogP contribution is -2.31. The molecule has 33 heavy (non-hydrogen) atoms. The van der Waals surface area contributed by atoms with Gasteiger partial charge in [0.2, 0.25) is 0 Å². The Labute approximate surface area is 192 Å². The molecule has 3 aromatic heterocycles. The van der Waals surface area contributed by atoms with Crippen molar-refractivity contribution >= 4 is 15.7 Å². The summed E-state index contributed by atoms with van der Waals surface area (Å²) in [6.45, 7) is 3.90. The van der Waals surface area contributed by atoms with Gasteiger partial charge in [0.1, 0.15) is 4.90 Å². The molecule has 0 unspecified atom stereocenters. The van der Waals surface area contributed by atoms with Crippen molar-refractivity contribution in [2.24, 2.45) is 0 Å². The number of H-pyrrole nitrogens is 1. The van der Waals surface area contributed by atoms with E-state index in [4.69, 9.17) is 0 Å². The van der Waals surface area contributed by atoms with Crippen LogP contribution >= 0.6 is 0 Å². The summed E-state index contributed by atoms with van der Waals surface area (Å²) >= 11 is 0. The molecule has 0 saturated heterocycles. The maximum absolute atomic E-state index is 13.2. The van der Waals surface area contributed by atoms with Gasteiger partial charge in [-0.2, -0.15) is 0 Å². The smallest absolute Gasteiger partial charge is 0.276 e. The molecule has 8 nitrogen and oxygen atoms in total. The first-order chi connectivity index (χ1) is 15.9. The fourth-order valence-electron chi connectivity index (χ4n) is 3.71. The Hall–Kier alpha value is -3.72. The molecule has 4 aromatic rings. The highest BCUT2D eigenvalue weighted by molar-refractivity contribution is 7.92. The molecule has 1 N–H and O–H groups in total. The minimum Gasteiger partial charge on any atom is -0.294 e. The number of rotatable bonds is 8. The first-order valence-corrected chi connectivity index (χ1v) is 12.1. The van der Waals surface area contributed by atoms with Gasteiger partial charge in [0.05, 0.1) is 5.69 Å². The molecule has 0 bridgehead atoms. The third-order valence-electron chi connectivity index (χ3n) is 5.42. The Morgan fingerprint density at radius 3 is 2.36 bits per heavy atom. The van der Waals surface area contributed by atoms with Crippen molar-refractivity contribution in [3.05, 3.63) is 100 Å². The van der Waals surface area contributed by atoms with E-state index in [9.17, 15) is 13.2 Å². The van der Waals surface area contributed by atoms with Crippen LogP contribution in [0.15, 0.2) is 82.7 Å². The second kappa shape index (κ2) is 9.41. The summed E-state index contributed by atoms with van der Waals surface area (Å²) in [5, 5.41) is 3.04. The summed E-state index contributed by atoms with van der Waals surface area (Å²) in [5.41, 5.74) is 2.69. The zero-order valence-corrected chi connectivity index (χ0v) is 19.3. The third kappa shape index (κ3) is 4.58. The molecular formula is C24H25N5O3S. The fraction of sp³-hybridized carbons (Fsp3) is 0.208. The first-order valence-electron chi connectivity index (χ1n) is 10.7. The number of pyridine rings is 2. The van der Waals surface area contributed by atoms with Crippen LogP contribution in [0.25, 0.3) is 5.82 Å². The average molecular weight is 464 g/mol. The molecule has 9 heteroatoms. The highest BCUT2D eigenvalue weighted by Gasteiger charge is 2.24. The largest absolute Gasteiger partial charge is 0.294 e. The number of nitrogens with one attached hydrogen (secondary N) is 1. The second-order valence-corrected chi connectivity index (χ2v) is 9.40. The molecule has 0 aliphatic rings. The van der Waals surface area contributed by atoms with Crippen molar-refractivity contribution in [3.8, 4) is 5.82 Å². The zero-order valence-electron chi connectivity index (χ0n) is 18.5. The van der Waals surface area contributed by atoms with E-state index in [-0.39, 0.29) is 17.0 Å². The number of hydrogen-bond acceptors (Lipinski definition) is 5. The predicted octanol–water partition coefficient (Wildman–Crippen LogP) is 3.26. The molecule has 0 radical (unpaired) electrons. The lowest BCUT2D eigenvalue weighted by molar-refractivity contribution is 0.591. The standard InChI is InChI=1S/C24H25N5O3S/c1-3-28(20-10-5-4-6-11-20)33(31,32)21-13-15-23(26-17-21)29-24(30)22(18(2)27-29)14-12-19-9-7-8-16-25-19/h4-11,13,15-17,27H,3,12,14H2,1-2H3. The van der Waals surface area contributed by atoms with E-state index in [1.54, 1.807) is 37.4 Å². The van der Waals surface area contributed by atoms with Gasteiger partial charge in [0.15, 0.2) is 5.82 Å². The van der Waals surface area contributed by atoms with Crippen LogP contribution in [0.3, 0.4) is 0 Å². The first kappa shape index (κ1) is 22.5. The topological polar surface area (TPSA) is 101 Å². The Morgan fingerprint density at radius 1 is 0.970 bits per heavy atom. The Balaban J connectivity index is 1.59. The van der Waals surface area contributed by atoms with Crippen molar-refractivity contribution in [1.82, 2.24) is 19.7 Å². The van der Waals surface area contributed by atoms with E-state index in [0.717, 1.165) is 11.4 Å². The SMILES string of the molecule is CCN(c1ccccc1)S(=O)(=O)c1ccc(-n2[nH]c(C)c(CCc3ccccn3)c2=O)nc1. The molecule has 1 aromatic carbocycles. The number of para-hydroxylation sites is 1. The Morgan fingerprint density at radius 2 is 1.73 bits per heavy atom. The van der Waals surface area contributed by atoms with Gasteiger partial charge < -0.3 is 0 Å². The number of aryl methyl sites for hydroxylation is 2. The number of sulfonamides is 1. The molecule has 0 aliphatic heterocycles. The maximum Gasteiger partial charge on any atom is 0.276 e. The summed E-state index contributed by atoms with van der Waals surface area (Å²) in [7, 11) is -3.79. The van der Waals surface area contributed by atoms with Gasteiger partial charge in [-0.05, 0) is 63.1 Å². The van der Waals surface area contributed by atoms with Gasteiger partial charge in [-0.15, -0.1) is 0 Å². The number of aromatic nitrogens is 4. The Kier molecular flexibility index (Phi) is 6.41. The maximum atomic E-state index is 13.2. The van der Waals surface area contributed by atoms with Crippen molar-refractivity contribution in [1.29, 1.82) is 0 Å². The highest BCUT2D eigenvalue weighted by atomic mass is 32.2. The predicted molar refractivity (Wildman–Crippen MR) is 127 cm³/mol. The highest BCUT2D eigenvalue weighted by Crippen LogP contribution is 2.23. The number of hydrogen-bond donors (Lipinski definition) is 1. The van der Waals surface area contributed by atoms with E-state index >= 15 is 0 Å². The summed E-state index contributed by atoms with van der Waals surface area (Å²) in [6, 6.07) is 17.6. The second-order valence-electron chi connectivity index (χ2n) is 7.53. The molecule has 170 valence electrons.